The van der Waals surface area contributed by atoms with Gasteiger partial charge >= 0.3 is 0 Å². The van der Waals surface area contributed by atoms with Crippen molar-refractivity contribution in [2.24, 2.45) is 35.0 Å². The van der Waals surface area contributed by atoms with Gasteiger partial charge in [-0.2, -0.15) is 0 Å². The first-order valence-corrected chi connectivity index (χ1v) is 6.83. The molecule has 1 N–H and O–H groups in total. The molecule has 0 unspecified atom stereocenters. The number of rotatable bonds is 1. The molecule has 4 fully saturated rings. The molecule has 4 aliphatic rings. The van der Waals surface area contributed by atoms with Crippen molar-refractivity contribution in [2.45, 2.75) is 46.1 Å². The van der Waals surface area contributed by atoms with E-state index < -0.39 is 0 Å². The summed E-state index contributed by atoms with van der Waals surface area (Å²) in [6, 6.07) is 0. The molecular formula is C15H24O. The molecule has 0 heterocycles. The van der Waals surface area contributed by atoms with Crippen molar-refractivity contribution in [3.05, 3.63) is 12.2 Å². The first-order valence-electron chi connectivity index (χ1n) is 6.83. The second kappa shape index (κ2) is 3.13. The molecule has 0 saturated heterocycles. The van der Waals surface area contributed by atoms with Crippen LogP contribution in [0.15, 0.2) is 12.2 Å². The van der Waals surface area contributed by atoms with Crippen LogP contribution in [0.1, 0.15) is 40.0 Å². The molecule has 0 aliphatic heterocycles. The maximum Gasteiger partial charge on any atom is 0.0753 e. The molecule has 90 valence electrons. The summed E-state index contributed by atoms with van der Waals surface area (Å²) in [5, 5.41) is 9.97. The Hall–Kier alpha value is -0.300. The molecule has 1 heteroatoms. The highest BCUT2D eigenvalue weighted by molar-refractivity contribution is 5.29. The van der Waals surface area contributed by atoms with E-state index in [2.05, 4.69) is 27.4 Å². The molecule has 4 rings (SSSR count). The maximum absolute atomic E-state index is 9.97. The normalized spacial score (nSPS) is 55.1. The van der Waals surface area contributed by atoms with Gasteiger partial charge in [-0.25, -0.2) is 0 Å². The van der Waals surface area contributed by atoms with Crippen LogP contribution in [0.2, 0.25) is 0 Å². The zero-order valence-electron chi connectivity index (χ0n) is 10.7. The quantitative estimate of drug-likeness (QED) is 0.673. The number of hydrogen-bond donors (Lipinski definition) is 1. The largest absolute Gasteiger partial charge is 0.389 e. The van der Waals surface area contributed by atoms with Crippen LogP contribution < -0.4 is 0 Å². The van der Waals surface area contributed by atoms with E-state index in [1.165, 1.54) is 12.8 Å². The molecule has 0 aromatic carbocycles. The van der Waals surface area contributed by atoms with E-state index in [0.717, 1.165) is 35.7 Å². The lowest BCUT2D eigenvalue weighted by molar-refractivity contribution is -0.211. The number of aliphatic hydroxyl groups is 1. The van der Waals surface area contributed by atoms with Crippen LogP contribution >= 0.6 is 0 Å². The lowest BCUT2D eigenvalue weighted by Gasteiger charge is -2.71. The zero-order valence-corrected chi connectivity index (χ0v) is 10.7. The highest BCUT2D eigenvalue weighted by atomic mass is 16.3. The third kappa shape index (κ3) is 1.06. The molecule has 1 nitrogen and oxygen atoms in total. The fourth-order valence-corrected chi connectivity index (χ4v) is 5.25. The zero-order chi connectivity index (χ0) is 11.7. The third-order valence-electron chi connectivity index (χ3n) is 6.08. The van der Waals surface area contributed by atoms with Crippen LogP contribution in [0, 0.1) is 35.0 Å². The van der Waals surface area contributed by atoms with Gasteiger partial charge in [-0.1, -0.05) is 27.4 Å². The molecule has 0 radical (unpaired) electrons. The van der Waals surface area contributed by atoms with Gasteiger partial charge in [0.05, 0.1) is 6.10 Å². The Labute approximate surface area is 98.9 Å². The molecule has 0 spiro atoms. The number of fused-ring (bicyclic) bond motifs is 2. The van der Waals surface area contributed by atoms with E-state index in [1.807, 2.05) is 0 Å². The van der Waals surface area contributed by atoms with Crippen LogP contribution in [0.25, 0.3) is 0 Å². The second-order valence-corrected chi connectivity index (χ2v) is 6.94. The van der Waals surface area contributed by atoms with Gasteiger partial charge in [0, 0.05) is 0 Å². The molecule has 0 aromatic heterocycles. The predicted octanol–water partition coefficient (Wildman–Crippen LogP) is 3.24. The van der Waals surface area contributed by atoms with Crippen molar-refractivity contribution in [1.29, 1.82) is 0 Å². The Kier molecular flexibility index (Phi) is 2.12. The van der Waals surface area contributed by atoms with Crippen molar-refractivity contribution in [1.82, 2.24) is 0 Å². The molecule has 0 amide bonds. The minimum Gasteiger partial charge on any atom is -0.389 e. The standard InChI is InChI=1S/C15H24O/c1-8(2)10-5-6-15(4)11-7-12(16)9(3)14(15)13(10)11/h8,10-14,16H,3,5-7H2,1-2,4H3/t10-,11+,12+,13-,14-,15+/m0/s1. The summed E-state index contributed by atoms with van der Waals surface area (Å²) in [6.45, 7) is 11.3. The Balaban J connectivity index is 1.93. The van der Waals surface area contributed by atoms with Gasteiger partial charge in [-0.05, 0) is 59.8 Å². The summed E-state index contributed by atoms with van der Waals surface area (Å²) in [4.78, 5) is 0. The average molecular weight is 220 g/mol. The van der Waals surface area contributed by atoms with E-state index in [4.69, 9.17) is 0 Å². The lowest BCUT2D eigenvalue weighted by atomic mass is 9.33. The van der Waals surface area contributed by atoms with Crippen molar-refractivity contribution >= 4 is 0 Å². The topological polar surface area (TPSA) is 20.2 Å². The van der Waals surface area contributed by atoms with E-state index in [0.29, 0.717) is 11.3 Å². The van der Waals surface area contributed by atoms with Gasteiger partial charge in [-0.3, -0.25) is 0 Å². The van der Waals surface area contributed by atoms with E-state index >= 15 is 0 Å². The summed E-state index contributed by atoms with van der Waals surface area (Å²) in [5.74, 6) is 3.92. The monoisotopic (exact) mass is 220 g/mol. The minimum absolute atomic E-state index is 0.203. The maximum atomic E-state index is 9.97. The van der Waals surface area contributed by atoms with Crippen molar-refractivity contribution in [3.63, 3.8) is 0 Å². The Morgan fingerprint density at radius 2 is 2.12 bits per heavy atom. The lowest BCUT2D eigenvalue weighted by Crippen LogP contribution is -2.67. The van der Waals surface area contributed by atoms with Crippen molar-refractivity contribution in [2.75, 3.05) is 0 Å². The fraction of sp³-hybridized carbons (Fsp3) is 0.867. The molecule has 4 aliphatic carbocycles. The number of hydrogen-bond acceptors (Lipinski definition) is 1. The van der Waals surface area contributed by atoms with E-state index in [-0.39, 0.29) is 6.10 Å². The summed E-state index contributed by atoms with van der Waals surface area (Å²) in [7, 11) is 0. The average Bonchev–Trinajstić information content (AvgIpc) is 2.22. The van der Waals surface area contributed by atoms with Gasteiger partial charge < -0.3 is 5.11 Å². The Morgan fingerprint density at radius 3 is 2.69 bits per heavy atom. The van der Waals surface area contributed by atoms with Crippen LogP contribution in [0.3, 0.4) is 0 Å². The molecule has 6 atom stereocenters. The fourth-order valence-electron chi connectivity index (χ4n) is 5.25. The van der Waals surface area contributed by atoms with Gasteiger partial charge in [0.2, 0.25) is 0 Å². The van der Waals surface area contributed by atoms with E-state index in [1.54, 1.807) is 0 Å². The van der Waals surface area contributed by atoms with Gasteiger partial charge in [-0.15, -0.1) is 0 Å². The van der Waals surface area contributed by atoms with Crippen LogP contribution in [-0.2, 0) is 0 Å². The summed E-state index contributed by atoms with van der Waals surface area (Å²) >= 11 is 0. The van der Waals surface area contributed by atoms with Gasteiger partial charge in [0.15, 0.2) is 0 Å². The smallest absolute Gasteiger partial charge is 0.0753 e. The highest BCUT2D eigenvalue weighted by Crippen LogP contribution is 2.72. The third-order valence-corrected chi connectivity index (χ3v) is 6.08. The summed E-state index contributed by atoms with van der Waals surface area (Å²) < 4.78 is 0. The molecule has 4 saturated carbocycles. The van der Waals surface area contributed by atoms with Crippen LogP contribution in [0.5, 0.6) is 0 Å². The predicted molar refractivity (Wildman–Crippen MR) is 65.9 cm³/mol. The van der Waals surface area contributed by atoms with Gasteiger partial charge in [0.1, 0.15) is 0 Å². The number of aliphatic hydroxyl groups excluding tert-OH is 1. The Bertz CT molecular complexity index is 332. The summed E-state index contributed by atoms with van der Waals surface area (Å²) in [5.41, 5.74) is 1.65. The Morgan fingerprint density at radius 1 is 1.44 bits per heavy atom. The molecule has 4 bridgehead atoms. The van der Waals surface area contributed by atoms with Gasteiger partial charge in [0.25, 0.3) is 0 Å². The summed E-state index contributed by atoms with van der Waals surface area (Å²) in [6.07, 6.45) is 3.53. The highest BCUT2D eigenvalue weighted by Gasteiger charge is 2.67. The second-order valence-electron chi connectivity index (χ2n) is 6.94. The SMILES string of the molecule is C=C1[C@H](O)C[C@@H]2[C@@H]3[C@H](C(C)C)CC[C@@]2(C)[C@@H]13. The first kappa shape index (κ1) is 10.8. The first-order chi connectivity index (χ1) is 7.47. The van der Waals surface area contributed by atoms with Crippen molar-refractivity contribution in [3.8, 4) is 0 Å². The van der Waals surface area contributed by atoms with E-state index in [9.17, 15) is 5.11 Å². The molecular weight excluding hydrogens is 196 g/mol. The molecule has 0 aromatic rings. The van der Waals surface area contributed by atoms with Crippen LogP contribution in [-0.4, -0.2) is 11.2 Å². The minimum atomic E-state index is -0.203. The van der Waals surface area contributed by atoms with Crippen molar-refractivity contribution < 1.29 is 5.11 Å². The molecule has 16 heavy (non-hydrogen) atoms. The van der Waals surface area contributed by atoms with Crippen LogP contribution in [0.4, 0.5) is 0 Å².